The van der Waals surface area contributed by atoms with Gasteiger partial charge in [-0.2, -0.15) is 0 Å². The molecule has 0 atom stereocenters. The van der Waals surface area contributed by atoms with Gasteiger partial charge in [0.2, 0.25) is 0 Å². The standard InChI is InChI=1S/C4H6O4/c5-3-4(6,7)1-2-8-3/h6-7H,1-2H2. The van der Waals surface area contributed by atoms with Gasteiger partial charge in [0.25, 0.3) is 5.79 Å². The number of cyclic esters (lactones) is 1. The van der Waals surface area contributed by atoms with Crippen molar-refractivity contribution in [2.24, 2.45) is 0 Å². The third-order valence-electron chi connectivity index (χ3n) is 1.01. The van der Waals surface area contributed by atoms with Crippen LogP contribution in [-0.2, 0) is 9.53 Å². The lowest BCUT2D eigenvalue weighted by Gasteiger charge is -2.05. The summed E-state index contributed by atoms with van der Waals surface area (Å²) in [6.45, 7) is 0.103. The molecule has 4 nitrogen and oxygen atoms in total. The van der Waals surface area contributed by atoms with Crippen molar-refractivity contribution < 1.29 is 19.7 Å². The lowest BCUT2D eigenvalue weighted by atomic mass is 10.2. The monoisotopic (exact) mass is 118 g/mol. The second-order valence-corrected chi connectivity index (χ2v) is 1.70. The van der Waals surface area contributed by atoms with Gasteiger partial charge in [-0.3, -0.25) is 0 Å². The van der Waals surface area contributed by atoms with Gasteiger partial charge in [-0.05, 0) is 0 Å². The van der Waals surface area contributed by atoms with Gasteiger partial charge >= 0.3 is 5.97 Å². The molecule has 4 heteroatoms. The largest absolute Gasteiger partial charge is 0.461 e. The smallest absolute Gasteiger partial charge is 0.366 e. The number of esters is 1. The van der Waals surface area contributed by atoms with Gasteiger partial charge < -0.3 is 14.9 Å². The van der Waals surface area contributed by atoms with Crippen molar-refractivity contribution in [1.82, 2.24) is 0 Å². The highest BCUT2D eigenvalue weighted by Gasteiger charge is 2.40. The molecule has 0 aromatic carbocycles. The summed E-state index contributed by atoms with van der Waals surface area (Å²) in [5.41, 5.74) is 0. The van der Waals surface area contributed by atoms with Crippen LogP contribution in [0.1, 0.15) is 6.42 Å². The molecule has 1 heterocycles. The predicted octanol–water partition coefficient (Wildman–Crippen LogP) is -1.39. The Balaban J connectivity index is 2.68. The van der Waals surface area contributed by atoms with Crippen LogP contribution in [0, 0.1) is 0 Å². The molecule has 1 fully saturated rings. The van der Waals surface area contributed by atoms with Crippen LogP contribution < -0.4 is 0 Å². The number of hydrogen-bond acceptors (Lipinski definition) is 4. The van der Waals surface area contributed by atoms with Gasteiger partial charge in [-0.15, -0.1) is 0 Å². The van der Waals surface area contributed by atoms with Crippen molar-refractivity contribution in [1.29, 1.82) is 0 Å². The highest BCUT2D eigenvalue weighted by Crippen LogP contribution is 2.15. The Morgan fingerprint density at radius 3 is 2.38 bits per heavy atom. The molecule has 0 unspecified atom stereocenters. The van der Waals surface area contributed by atoms with Gasteiger partial charge in [0.05, 0.1) is 6.61 Å². The molecule has 0 aromatic rings. The van der Waals surface area contributed by atoms with E-state index in [2.05, 4.69) is 4.74 Å². The molecular formula is C4H6O4. The van der Waals surface area contributed by atoms with Crippen molar-refractivity contribution in [3.63, 3.8) is 0 Å². The van der Waals surface area contributed by atoms with E-state index in [4.69, 9.17) is 10.2 Å². The highest BCUT2D eigenvalue weighted by molar-refractivity contribution is 5.78. The van der Waals surface area contributed by atoms with E-state index in [-0.39, 0.29) is 13.0 Å². The van der Waals surface area contributed by atoms with Gasteiger partial charge in [0.1, 0.15) is 0 Å². The third-order valence-corrected chi connectivity index (χ3v) is 1.01. The van der Waals surface area contributed by atoms with E-state index in [1.807, 2.05) is 0 Å². The van der Waals surface area contributed by atoms with Crippen LogP contribution >= 0.6 is 0 Å². The predicted molar refractivity (Wildman–Crippen MR) is 22.7 cm³/mol. The first kappa shape index (κ1) is 5.53. The van der Waals surface area contributed by atoms with Crippen molar-refractivity contribution in [3.8, 4) is 0 Å². The number of ether oxygens (including phenoxy) is 1. The van der Waals surface area contributed by atoms with Crippen molar-refractivity contribution in [2.45, 2.75) is 12.2 Å². The number of hydrogen-bond donors (Lipinski definition) is 2. The van der Waals surface area contributed by atoms with E-state index in [1.54, 1.807) is 0 Å². The second kappa shape index (κ2) is 1.43. The third kappa shape index (κ3) is 0.677. The minimum absolute atomic E-state index is 0.0220. The van der Waals surface area contributed by atoms with E-state index in [0.29, 0.717) is 0 Å². The zero-order valence-corrected chi connectivity index (χ0v) is 4.13. The van der Waals surface area contributed by atoms with Crippen molar-refractivity contribution >= 4 is 5.97 Å². The van der Waals surface area contributed by atoms with Crippen molar-refractivity contribution in [3.05, 3.63) is 0 Å². The maximum atomic E-state index is 10.2. The molecule has 1 rings (SSSR count). The molecule has 0 aromatic heterocycles. The van der Waals surface area contributed by atoms with Crippen LogP contribution in [0.25, 0.3) is 0 Å². The van der Waals surface area contributed by atoms with Crippen LogP contribution in [0.5, 0.6) is 0 Å². The lowest BCUT2D eigenvalue weighted by Crippen LogP contribution is -2.32. The molecule has 0 saturated carbocycles. The molecule has 0 aliphatic carbocycles. The fraction of sp³-hybridized carbons (Fsp3) is 0.750. The quantitative estimate of drug-likeness (QED) is 0.303. The summed E-state index contributed by atoms with van der Waals surface area (Å²) >= 11 is 0. The van der Waals surface area contributed by atoms with E-state index >= 15 is 0 Å². The fourth-order valence-electron chi connectivity index (χ4n) is 0.504. The Hall–Kier alpha value is -0.610. The Labute approximate surface area is 45.7 Å². The average Bonchev–Trinajstić information content (AvgIpc) is 1.86. The maximum absolute atomic E-state index is 10.2. The molecule has 46 valence electrons. The molecule has 1 aliphatic heterocycles. The molecule has 0 bridgehead atoms. The summed E-state index contributed by atoms with van der Waals surface area (Å²) < 4.78 is 4.23. The molecule has 2 N–H and O–H groups in total. The Morgan fingerprint density at radius 1 is 1.62 bits per heavy atom. The summed E-state index contributed by atoms with van der Waals surface area (Å²) in [7, 11) is 0. The van der Waals surface area contributed by atoms with Crippen LogP contribution in [0.15, 0.2) is 0 Å². The first-order valence-corrected chi connectivity index (χ1v) is 2.25. The minimum atomic E-state index is -2.21. The number of rotatable bonds is 0. The van der Waals surface area contributed by atoms with Crippen LogP contribution in [0.2, 0.25) is 0 Å². The molecule has 0 spiro atoms. The number of carbonyl (C=O) groups is 1. The highest BCUT2D eigenvalue weighted by atomic mass is 16.6. The molecule has 8 heavy (non-hydrogen) atoms. The Bertz CT molecular complexity index is 117. The summed E-state index contributed by atoms with van der Waals surface area (Å²) in [5.74, 6) is -3.16. The summed E-state index contributed by atoms with van der Waals surface area (Å²) in [5, 5.41) is 17.1. The molecule has 1 saturated heterocycles. The first-order valence-electron chi connectivity index (χ1n) is 2.25. The molecule has 0 amide bonds. The summed E-state index contributed by atoms with van der Waals surface area (Å²) in [6, 6.07) is 0. The van der Waals surface area contributed by atoms with Crippen LogP contribution in [0.4, 0.5) is 0 Å². The summed E-state index contributed by atoms with van der Waals surface area (Å²) in [6.07, 6.45) is -0.0220. The van der Waals surface area contributed by atoms with E-state index < -0.39 is 11.8 Å². The zero-order chi connectivity index (χ0) is 6.20. The second-order valence-electron chi connectivity index (χ2n) is 1.70. The van der Waals surface area contributed by atoms with E-state index in [1.165, 1.54) is 0 Å². The lowest BCUT2D eigenvalue weighted by molar-refractivity contribution is -0.188. The topological polar surface area (TPSA) is 66.8 Å². The first-order chi connectivity index (χ1) is 3.63. The fourth-order valence-corrected chi connectivity index (χ4v) is 0.504. The maximum Gasteiger partial charge on any atom is 0.366 e. The average molecular weight is 118 g/mol. The van der Waals surface area contributed by atoms with Gasteiger partial charge in [0.15, 0.2) is 0 Å². The summed E-state index contributed by atoms with van der Waals surface area (Å²) in [4.78, 5) is 10.2. The van der Waals surface area contributed by atoms with E-state index in [9.17, 15) is 4.79 Å². The number of aliphatic hydroxyl groups is 2. The Kier molecular flexibility index (Phi) is 0.988. The van der Waals surface area contributed by atoms with E-state index in [0.717, 1.165) is 0 Å². The molecule has 0 radical (unpaired) electrons. The van der Waals surface area contributed by atoms with Gasteiger partial charge in [-0.1, -0.05) is 0 Å². The molecular weight excluding hydrogens is 112 g/mol. The molecule has 1 aliphatic rings. The SMILES string of the molecule is O=C1OCCC1(O)O. The van der Waals surface area contributed by atoms with Crippen LogP contribution in [0.3, 0.4) is 0 Å². The van der Waals surface area contributed by atoms with Gasteiger partial charge in [-0.25, -0.2) is 4.79 Å². The Morgan fingerprint density at radius 2 is 2.25 bits per heavy atom. The van der Waals surface area contributed by atoms with Crippen molar-refractivity contribution in [2.75, 3.05) is 6.61 Å². The minimum Gasteiger partial charge on any atom is -0.461 e. The normalized spacial score (nSPS) is 25.5. The van der Waals surface area contributed by atoms with Crippen LogP contribution in [-0.4, -0.2) is 28.6 Å². The number of carbonyl (C=O) groups excluding carboxylic acids is 1. The van der Waals surface area contributed by atoms with Gasteiger partial charge in [0, 0.05) is 6.42 Å². The zero-order valence-electron chi connectivity index (χ0n) is 4.13.